The Balaban J connectivity index is 2.05. The van der Waals surface area contributed by atoms with Crippen molar-refractivity contribution in [3.63, 3.8) is 0 Å². The molecule has 5 heteroatoms. The third-order valence-electron chi connectivity index (χ3n) is 2.63. The largest absolute Gasteiger partial charge is 0.496 e. The second-order valence-electron chi connectivity index (χ2n) is 3.95. The maximum Gasteiger partial charge on any atom is 0.133 e. The second-order valence-corrected chi connectivity index (χ2v) is 6.07. The number of hydrogen-bond acceptors (Lipinski definition) is 2. The molecular formula is C14H12Br2ClNO. The molecule has 2 aromatic carbocycles. The molecule has 19 heavy (non-hydrogen) atoms. The number of anilines is 1. The summed E-state index contributed by atoms with van der Waals surface area (Å²) in [6, 6.07) is 11.8. The van der Waals surface area contributed by atoms with Crippen molar-refractivity contribution in [1.29, 1.82) is 0 Å². The molecule has 0 aliphatic heterocycles. The Bertz CT molecular complexity index is 590. The summed E-state index contributed by atoms with van der Waals surface area (Å²) in [5.74, 6) is 0.829. The summed E-state index contributed by atoms with van der Waals surface area (Å²) < 4.78 is 7.04. The molecule has 100 valence electrons. The maximum absolute atomic E-state index is 6.05. The lowest BCUT2D eigenvalue weighted by Crippen LogP contribution is -1.99. The summed E-state index contributed by atoms with van der Waals surface area (Å²) in [7, 11) is 1.65. The Morgan fingerprint density at radius 3 is 2.53 bits per heavy atom. The van der Waals surface area contributed by atoms with Crippen LogP contribution in [0.15, 0.2) is 45.3 Å². The molecule has 0 heterocycles. The van der Waals surface area contributed by atoms with Crippen LogP contribution in [0.4, 0.5) is 5.69 Å². The van der Waals surface area contributed by atoms with Crippen molar-refractivity contribution in [2.24, 2.45) is 0 Å². The van der Waals surface area contributed by atoms with Gasteiger partial charge in [0, 0.05) is 16.7 Å². The van der Waals surface area contributed by atoms with Gasteiger partial charge in [-0.05, 0) is 67.8 Å². The third kappa shape index (κ3) is 3.88. The minimum absolute atomic E-state index is 0.695. The first-order valence-corrected chi connectivity index (χ1v) is 7.58. The van der Waals surface area contributed by atoms with Crippen molar-refractivity contribution < 1.29 is 4.74 Å². The zero-order valence-electron chi connectivity index (χ0n) is 10.2. The smallest absolute Gasteiger partial charge is 0.133 e. The second kappa shape index (κ2) is 6.64. The zero-order valence-corrected chi connectivity index (χ0v) is 14.1. The van der Waals surface area contributed by atoms with E-state index in [0.29, 0.717) is 5.02 Å². The average molecular weight is 406 g/mol. The SMILES string of the molecule is COc1ccc(CNc2ccc(Br)c(Cl)c2)cc1Br. The van der Waals surface area contributed by atoms with Crippen LogP contribution in [0.1, 0.15) is 5.56 Å². The summed E-state index contributed by atoms with van der Waals surface area (Å²) in [5, 5.41) is 4.02. The molecule has 0 radical (unpaired) electrons. The van der Waals surface area contributed by atoms with E-state index in [1.165, 1.54) is 0 Å². The minimum atomic E-state index is 0.695. The number of ether oxygens (including phenoxy) is 1. The van der Waals surface area contributed by atoms with Crippen LogP contribution in [-0.2, 0) is 6.54 Å². The third-order valence-corrected chi connectivity index (χ3v) is 4.48. The van der Waals surface area contributed by atoms with Gasteiger partial charge >= 0.3 is 0 Å². The van der Waals surface area contributed by atoms with Gasteiger partial charge in [0.1, 0.15) is 5.75 Å². The summed E-state index contributed by atoms with van der Waals surface area (Å²) in [5.41, 5.74) is 2.15. The van der Waals surface area contributed by atoms with Gasteiger partial charge < -0.3 is 10.1 Å². The molecule has 0 bridgehead atoms. The number of methoxy groups -OCH3 is 1. The van der Waals surface area contributed by atoms with Crippen LogP contribution < -0.4 is 10.1 Å². The summed E-state index contributed by atoms with van der Waals surface area (Å²) in [6.07, 6.45) is 0. The Hall–Kier alpha value is -0.710. The highest BCUT2D eigenvalue weighted by Gasteiger charge is 2.02. The molecule has 0 aromatic heterocycles. The Kier molecular flexibility index (Phi) is 5.13. The summed E-state index contributed by atoms with van der Waals surface area (Å²) in [6.45, 7) is 0.723. The number of hydrogen-bond donors (Lipinski definition) is 1. The van der Waals surface area contributed by atoms with Gasteiger partial charge in [-0.15, -0.1) is 0 Å². The van der Waals surface area contributed by atoms with E-state index in [9.17, 15) is 0 Å². The topological polar surface area (TPSA) is 21.3 Å². The van der Waals surface area contributed by atoms with E-state index >= 15 is 0 Å². The molecule has 0 saturated carbocycles. The average Bonchev–Trinajstić information content (AvgIpc) is 2.40. The number of rotatable bonds is 4. The first-order chi connectivity index (χ1) is 9.10. The van der Waals surface area contributed by atoms with Gasteiger partial charge in [-0.3, -0.25) is 0 Å². The molecule has 0 spiro atoms. The lowest BCUT2D eigenvalue weighted by Gasteiger charge is -2.09. The molecule has 0 aliphatic carbocycles. The van der Waals surface area contributed by atoms with Crippen LogP contribution >= 0.6 is 43.5 Å². The van der Waals surface area contributed by atoms with E-state index in [-0.39, 0.29) is 0 Å². The fraction of sp³-hybridized carbons (Fsp3) is 0.143. The molecule has 1 N–H and O–H groups in total. The normalized spacial score (nSPS) is 10.3. The summed E-state index contributed by atoms with van der Waals surface area (Å²) in [4.78, 5) is 0. The molecule has 2 aromatic rings. The fourth-order valence-corrected chi connectivity index (χ4v) is 2.65. The maximum atomic E-state index is 6.05. The van der Waals surface area contributed by atoms with Crippen molar-refractivity contribution in [3.8, 4) is 5.75 Å². The molecule has 0 amide bonds. The number of benzene rings is 2. The van der Waals surface area contributed by atoms with Gasteiger partial charge in [-0.25, -0.2) is 0 Å². The number of halogens is 3. The zero-order chi connectivity index (χ0) is 13.8. The van der Waals surface area contributed by atoms with Crippen molar-refractivity contribution in [3.05, 3.63) is 55.9 Å². The molecule has 2 rings (SSSR count). The summed E-state index contributed by atoms with van der Waals surface area (Å²) >= 11 is 12.9. The van der Waals surface area contributed by atoms with Crippen molar-refractivity contribution in [2.45, 2.75) is 6.54 Å². The van der Waals surface area contributed by atoms with Gasteiger partial charge in [-0.1, -0.05) is 17.7 Å². The molecule has 0 atom stereocenters. The standard InChI is InChI=1S/C14H12Br2ClNO/c1-19-14-5-2-9(6-12(14)16)8-18-10-3-4-11(15)13(17)7-10/h2-7,18H,8H2,1H3. The van der Waals surface area contributed by atoms with Crippen LogP contribution in [0.25, 0.3) is 0 Å². The highest BCUT2D eigenvalue weighted by atomic mass is 79.9. The molecule has 0 aliphatic rings. The van der Waals surface area contributed by atoms with Gasteiger partial charge in [-0.2, -0.15) is 0 Å². The van der Waals surface area contributed by atoms with Crippen molar-refractivity contribution >= 4 is 49.1 Å². The van der Waals surface area contributed by atoms with Gasteiger partial charge in [0.05, 0.1) is 16.6 Å². The Labute approximate surface area is 134 Å². The van der Waals surface area contributed by atoms with Gasteiger partial charge in [0.15, 0.2) is 0 Å². The molecule has 2 nitrogen and oxygen atoms in total. The van der Waals surface area contributed by atoms with E-state index in [1.54, 1.807) is 7.11 Å². The molecular weight excluding hydrogens is 393 g/mol. The molecule has 0 unspecified atom stereocenters. The lowest BCUT2D eigenvalue weighted by atomic mass is 10.2. The van der Waals surface area contributed by atoms with Crippen LogP contribution in [0.5, 0.6) is 5.75 Å². The van der Waals surface area contributed by atoms with Crippen LogP contribution in [0, 0.1) is 0 Å². The predicted octanol–water partition coefficient (Wildman–Crippen LogP) is 5.49. The van der Waals surface area contributed by atoms with Gasteiger partial charge in [0.25, 0.3) is 0 Å². The quantitative estimate of drug-likeness (QED) is 0.727. The monoisotopic (exact) mass is 403 g/mol. The van der Waals surface area contributed by atoms with E-state index in [0.717, 1.165) is 32.5 Å². The predicted molar refractivity (Wildman–Crippen MR) is 87.2 cm³/mol. The van der Waals surface area contributed by atoms with Crippen LogP contribution in [-0.4, -0.2) is 7.11 Å². The van der Waals surface area contributed by atoms with E-state index in [1.807, 2.05) is 36.4 Å². The Morgan fingerprint density at radius 2 is 1.89 bits per heavy atom. The molecule has 0 fully saturated rings. The highest BCUT2D eigenvalue weighted by Crippen LogP contribution is 2.27. The van der Waals surface area contributed by atoms with Crippen LogP contribution in [0.3, 0.4) is 0 Å². The first kappa shape index (κ1) is 14.7. The lowest BCUT2D eigenvalue weighted by molar-refractivity contribution is 0.412. The molecule has 0 saturated heterocycles. The van der Waals surface area contributed by atoms with E-state index in [2.05, 4.69) is 37.2 Å². The van der Waals surface area contributed by atoms with Crippen LogP contribution in [0.2, 0.25) is 5.02 Å². The van der Waals surface area contributed by atoms with Crippen molar-refractivity contribution in [2.75, 3.05) is 12.4 Å². The van der Waals surface area contributed by atoms with E-state index in [4.69, 9.17) is 16.3 Å². The van der Waals surface area contributed by atoms with E-state index < -0.39 is 0 Å². The Morgan fingerprint density at radius 1 is 1.11 bits per heavy atom. The van der Waals surface area contributed by atoms with Crippen molar-refractivity contribution in [1.82, 2.24) is 0 Å². The fourth-order valence-electron chi connectivity index (χ4n) is 1.63. The van der Waals surface area contributed by atoms with Gasteiger partial charge in [0.2, 0.25) is 0 Å². The highest BCUT2D eigenvalue weighted by molar-refractivity contribution is 9.10. The number of nitrogens with one attached hydrogen (secondary N) is 1. The first-order valence-electron chi connectivity index (χ1n) is 5.61. The minimum Gasteiger partial charge on any atom is -0.496 e.